The molecule has 11 heteroatoms. The van der Waals surface area contributed by atoms with Crippen LogP contribution in [-0.2, 0) is 16.6 Å². The zero-order valence-corrected chi connectivity index (χ0v) is 21.6. The number of aromatic nitrogens is 2. The predicted molar refractivity (Wildman–Crippen MR) is 142 cm³/mol. The van der Waals surface area contributed by atoms with E-state index in [-0.39, 0.29) is 17.1 Å². The van der Waals surface area contributed by atoms with Gasteiger partial charge in [0, 0.05) is 22.6 Å². The van der Waals surface area contributed by atoms with Crippen molar-refractivity contribution >= 4 is 44.9 Å². The number of anilines is 2. The highest BCUT2D eigenvalue weighted by Crippen LogP contribution is 2.23. The molecule has 0 radical (unpaired) electrons. The van der Waals surface area contributed by atoms with Gasteiger partial charge in [0.15, 0.2) is 0 Å². The first-order valence-corrected chi connectivity index (χ1v) is 13.1. The number of nitrogens with one attached hydrogen (secondary N) is 3. The Labute approximate surface area is 219 Å². The number of nitrogens with zero attached hydrogens (tertiary/aromatic N) is 2. The number of urea groups is 1. The summed E-state index contributed by atoms with van der Waals surface area (Å²) in [5.74, 6) is -0.337. The van der Waals surface area contributed by atoms with Gasteiger partial charge in [0.25, 0.3) is 15.9 Å². The molecular formula is C26H24ClN5O4S. The molecule has 0 atom stereocenters. The Morgan fingerprint density at radius 3 is 2.27 bits per heavy atom. The summed E-state index contributed by atoms with van der Waals surface area (Å²) in [5, 5.41) is 5.86. The van der Waals surface area contributed by atoms with Crippen LogP contribution in [-0.4, -0.2) is 29.9 Å². The molecule has 9 nitrogen and oxygen atoms in total. The summed E-state index contributed by atoms with van der Waals surface area (Å²) in [4.78, 5) is 29.0. The molecule has 0 spiro atoms. The van der Waals surface area contributed by atoms with E-state index in [1.165, 1.54) is 18.3 Å². The summed E-state index contributed by atoms with van der Waals surface area (Å²) in [6, 6.07) is 19.9. The van der Waals surface area contributed by atoms with Gasteiger partial charge in [0.05, 0.1) is 11.4 Å². The lowest BCUT2D eigenvalue weighted by molar-refractivity contribution is 0.0977. The van der Waals surface area contributed by atoms with Crippen LogP contribution >= 0.6 is 11.6 Å². The summed E-state index contributed by atoms with van der Waals surface area (Å²) in [6.07, 6.45) is 1.46. The molecule has 0 aliphatic rings. The fourth-order valence-electron chi connectivity index (χ4n) is 3.48. The summed E-state index contributed by atoms with van der Waals surface area (Å²) in [7, 11) is -4.04. The second-order valence-corrected chi connectivity index (χ2v) is 10.4. The van der Waals surface area contributed by atoms with Gasteiger partial charge >= 0.3 is 6.03 Å². The zero-order chi connectivity index (χ0) is 26.6. The minimum atomic E-state index is -4.04. The molecule has 190 valence electrons. The van der Waals surface area contributed by atoms with Crippen LogP contribution < -0.4 is 15.4 Å². The molecule has 4 aromatic rings. The van der Waals surface area contributed by atoms with E-state index in [0.717, 1.165) is 11.1 Å². The number of aryl methyl sites for hydroxylation is 2. The molecule has 4 rings (SSSR count). The van der Waals surface area contributed by atoms with Gasteiger partial charge in [-0.2, -0.15) is 0 Å². The summed E-state index contributed by atoms with van der Waals surface area (Å²) in [6.45, 7) is 3.82. The number of hydrogen-bond donors (Lipinski definition) is 3. The Bertz CT molecular complexity index is 1550. The molecular weight excluding hydrogens is 514 g/mol. The Morgan fingerprint density at radius 1 is 0.919 bits per heavy atom. The van der Waals surface area contributed by atoms with Gasteiger partial charge < -0.3 is 15.2 Å². The maximum atomic E-state index is 12.6. The van der Waals surface area contributed by atoms with E-state index in [9.17, 15) is 18.0 Å². The lowest BCUT2D eigenvalue weighted by Gasteiger charge is -2.11. The lowest BCUT2D eigenvalue weighted by atomic mass is 10.2. The van der Waals surface area contributed by atoms with Crippen molar-refractivity contribution in [3.63, 3.8) is 0 Å². The van der Waals surface area contributed by atoms with E-state index in [1.54, 1.807) is 54.0 Å². The van der Waals surface area contributed by atoms with Crippen molar-refractivity contribution in [3.05, 3.63) is 107 Å². The fraction of sp³-hybridized carbons (Fsp3) is 0.115. The molecule has 0 saturated carbocycles. The number of amides is 3. The van der Waals surface area contributed by atoms with Gasteiger partial charge in [-0.15, -0.1) is 0 Å². The van der Waals surface area contributed by atoms with Crippen molar-refractivity contribution in [1.29, 1.82) is 0 Å². The van der Waals surface area contributed by atoms with Gasteiger partial charge in [-0.1, -0.05) is 53.6 Å². The number of halogens is 1. The SMILES string of the molecule is Cc1ccc(S(=O)(=O)NC(=O)c2cn(Cc3ccc(NC(=O)Nc4ccccc4)cc3Cl)c(C)n2)cc1. The molecule has 1 aromatic heterocycles. The highest BCUT2D eigenvalue weighted by molar-refractivity contribution is 7.90. The third-order valence-corrected chi connectivity index (χ3v) is 7.15. The van der Waals surface area contributed by atoms with E-state index in [1.807, 2.05) is 25.1 Å². The first kappa shape index (κ1) is 25.9. The Kier molecular flexibility index (Phi) is 7.61. The number of carbonyl (C=O) groups excluding carboxylic acids is 2. The zero-order valence-electron chi connectivity index (χ0n) is 20.0. The summed E-state index contributed by atoms with van der Waals surface area (Å²) in [5.41, 5.74) is 2.74. The standard InChI is InChI=1S/C26H24ClN5O4S/c1-17-8-12-22(13-9-17)37(35,36)31-25(33)24-16-32(18(2)28-24)15-19-10-11-21(14-23(19)27)30-26(34)29-20-6-4-3-5-7-20/h3-14,16H,15H2,1-2H3,(H,31,33)(H2,29,30,34). The minimum absolute atomic E-state index is 0.0134. The molecule has 3 amide bonds. The van der Waals surface area contributed by atoms with Gasteiger partial charge in [-0.3, -0.25) is 4.79 Å². The number of para-hydroxylation sites is 1. The van der Waals surface area contributed by atoms with Crippen molar-refractivity contribution in [2.24, 2.45) is 0 Å². The van der Waals surface area contributed by atoms with Gasteiger partial charge in [0.1, 0.15) is 11.5 Å². The highest BCUT2D eigenvalue weighted by Gasteiger charge is 2.21. The lowest BCUT2D eigenvalue weighted by Crippen LogP contribution is -2.30. The Morgan fingerprint density at radius 2 is 1.59 bits per heavy atom. The van der Waals surface area contributed by atoms with Crippen LogP contribution in [0.25, 0.3) is 0 Å². The van der Waals surface area contributed by atoms with E-state index in [4.69, 9.17) is 11.6 Å². The van der Waals surface area contributed by atoms with Crippen LogP contribution in [0, 0.1) is 13.8 Å². The average molecular weight is 538 g/mol. The van der Waals surface area contributed by atoms with Crippen molar-refractivity contribution in [3.8, 4) is 0 Å². The number of benzene rings is 3. The summed E-state index contributed by atoms with van der Waals surface area (Å²) >= 11 is 6.45. The molecule has 0 saturated heterocycles. The Hall–Kier alpha value is -4.15. The molecule has 1 heterocycles. The fourth-order valence-corrected chi connectivity index (χ4v) is 4.68. The third-order valence-electron chi connectivity index (χ3n) is 5.45. The minimum Gasteiger partial charge on any atom is -0.330 e. The topological polar surface area (TPSA) is 122 Å². The number of sulfonamides is 1. The van der Waals surface area contributed by atoms with Crippen LogP contribution in [0.5, 0.6) is 0 Å². The second-order valence-electron chi connectivity index (χ2n) is 8.30. The van der Waals surface area contributed by atoms with Crippen LogP contribution in [0.3, 0.4) is 0 Å². The molecule has 0 fully saturated rings. The molecule has 0 bridgehead atoms. The van der Waals surface area contributed by atoms with Crippen molar-refractivity contribution in [1.82, 2.24) is 14.3 Å². The molecule has 37 heavy (non-hydrogen) atoms. The largest absolute Gasteiger partial charge is 0.330 e. The maximum Gasteiger partial charge on any atom is 0.323 e. The van der Waals surface area contributed by atoms with Crippen LogP contribution in [0.2, 0.25) is 5.02 Å². The second kappa shape index (κ2) is 10.9. The van der Waals surface area contributed by atoms with Crippen molar-refractivity contribution < 1.29 is 18.0 Å². The quantitative estimate of drug-likeness (QED) is 0.307. The average Bonchev–Trinajstić information content (AvgIpc) is 3.22. The van der Waals surface area contributed by atoms with E-state index < -0.39 is 22.0 Å². The number of carbonyl (C=O) groups is 2. The molecule has 3 N–H and O–H groups in total. The maximum absolute atomic E-state index is 12.6. The van der Waals surface area contributed by atoms with Crippen LogP contribution in [0.15, 0.2) is 83.9 Å². The molecule has 0 aliphatic carbocycles. The van der Waals surface area contributed by atoms with Crippen molar-refractivity contribution in [2.45, 2.75) is 25.3 Å². The highest BCUT2D eigenvalue weighted by atomic mass is 35.5. The van der Waals surface area contributed by atoms with Crippen LogP contribution in [0.1, 0.15) is 27.4 Å². The molecule has 0 aliphatic heterocycles. The molecule has 0 unspecified atom stereocenters. The smallest absolute Gasteiger partial charge is 0.323 e. The van der Waals surface area contributed by atoms with Gasteiger partial charge in [-0.05, 0) is 55.8 Å². The van der Waals surface area contributed by atoms with E-state index in [0.29, 0.717) is 22.2 Å². The first-order chi connectivity index (χ1) is 17.6. The van der Waals surface area contributed by atoms with E-state index in [2.05, 4.69) is 20.3 Å². The number of hydrogen-bond acceptors (Lipinski definition) is 5. The normalized spacial score (nSPS) is 11.1. The third kappa shape index (κ3) is 6.54. The van der Waals surface area contributed by atoms with Crippen LogP contribution in [0.4, 0.5) is 16.2 Å². The van der Waals surface area contributed by atoms with E-state index >= 15 is 0 Å². The first-order valence-electron chi connectivity index (χ1n) is 11.2. The predicted octanol–water partition coefficient (Wildman–Crippen LogP) is 4.96. The van der Waals surface area contributed by atoms with Gasteiger partial charge in [-0.25, -0.2) is 22.9 Å². The Balaban J connectivity index is 1.42. The molecule has 3 aromatic carbocycles. The summed E-state index contributed by atoms with van der Waals surface area (Å²) < 4.78 is 28.8. The van der Waals surface area contributed by atoms with Crippen molar-refractivity contribution in [2.75, 3.05) is 10.6 Å². The number of rotatable bonds is 7. The number of imidazole rings is 1. The monoisotopic (exact) mass is 537 g/mol. The van der Waals surface area contributed by atoms with Gasteiger partial charge in [0.2, 0.25) is 0 Å².